The van der Waals surface area contributed by atoms with Crippen molar-refractivity contribution in [2.24, 2.45) is 4.99 Å². The van der Waals surface area contributed by atoms with Crippen molar-refractivity contribution in [2.75, 3.05) is 14.2 Å². The molecule has 1 N–H and O–H groups in total. The van der Waals surface area contributed by atoms with E-state index in [1.165, 1.54) is 11.8 Å². The summed E-state index contributed by atoms with van der Waals surface area (Å²) in [6.45, 7) is 2.21. The number of methoxy groups -OCH3 is 2. The molecule has 0 radical (unpaired) electrons. The maximum atomic E-state index is 13.1. The Kier molecular flexibility index (Phi) is 6.29. The Hall–Kier alpha value is -3.61. The van der Waals surface area contributed by atoms with Crippen LogP contribution in [0.2, 0.25) is 0 Å². The van der Waals surface area contributed by atoms with Gasteiger partial charge in [0.1, 0.15) is 5.75 Å². The van der Waals surface area contributed by atoms with Crippen molar-refractivity contribution in [1.82, 2.24) is 9.78 Å². The Bertz CT molecular complexity index is 1060. The number of aromatic amines is 1. The second-order valence-electron chi connectivity index (χ2n) is 6.44. The van der Waals surface area contributed by atoms with Crippen LogP contribution in [0.15, 0.2) is 64.4 Å². The Morgan fingerprint density at radius 2 is 1.76 bits per heavy atom. The molecule has 0 bridgehead atoms. The number of nitrogens with one attached hydrogen (secondary N) is 1. The molecule has 3 rings (SSSR count). The molecule has 0 aliphatic carbocycles. The van der Waals surface area contributed by atoms with Crippen LogP contribution in [0.1, 0.15) is 23.7 Å². The van der Waals surface area contributed by atoms with Crippen LogP contribution >= 0.6 is 0 Å². The molecule has 0 amide bonds. The second-order valence-corrected chi connectivity index (χ2v) is 6.44. The van der Waals surface area contributed by atoms with Crippen LogP contribution in [0.25, 0.3) is 5.69 Å². The number of esters is 1. The molecule has 0 aliphatic heterocycles. The molecule has 29 heavy (non-hydrogen) atoms. The van der Waals surface area contributed by atoms with Gasteiger partial charge in [0.05, 0.1) is 44.1 Å². The van der Waals surface area contributed by atoms with Crippen LogP contribution in [-0.2, 0) is 22.5 Å². The molecule has 0 atom stereocenters. The summed E-state index contributed by atoms with van der Waals surface area (Å²) < 4.78 is 11.3. The molecule has 0 saturated heterocycles. The summed E-state index contributed by atoms with van der Waals surface area (Å²) in [6, 6.07) is 16.8. The van der Waals surface area contributed by atoms with E-state index < -0.39 is 5.97 Å². The summed E-state index contributed by atoms with van der Waals surface area (Å²) in [4.78, 5) is 29.6. The van der Waals surface area contributed by atoms with Crippen LogP contribution in [0.3, 0.4) is 0 Å². The van der Waals surface area contributed by atoms with Gasteiger partial charge in [0.15, 0.2) is 0 Å². The lowest BCUT2D eigenvalue weighted by Gasteiger charge is -2.03. The normalized spacial score (nSPS) is 11.3. The minimum Gasteiger partial charge on any atom is -0.497 e. The maximum absolute atomic E-state index is 13.1. The molecule has 0 unspecified atom stereocenters. The zero-order valence-electron chi connectivity index (χ0n) is 16.6. The van der Waals surface area contributed by atoms with Gasteiger partial charge in [-0.3, -0.25) is 19.7 Å². The van der Waals surface area contributed by atoms with E-state index in [0.717, 1.165) is 5.56 Å². The first-order valence-corrected chi connectivity index (χ1v) is 9.14. The average Bonchev–Trinajstić information content (AvgIpc) is 3.08. The van der Waals surface area contributed by atoms with Gasteiger partial charge in [-0.15, -0.1) is 0 Å². The van der Waals surface area contributed by atoms with Crippen molar-refractivity contribution in [2.45, 2.75) is 19.9 Å². The second kappa shape index (κ2) is 9.05. The topological polar surface area (TPSA) is 85.7 Å². The van der Waals surface area contributed by atoms with E-state index in [9.17, 15) is 9.59 Å². The molecule has 1 aromatic heterocycles. The Labute approximate surface area is 168 Å². The first-order chi connectivity index (χ1) is 14.0. The smallest absolute Gasteiger partial charge is 0.311 e. The van der Waals surface area contributed by atoms with Gasteiger partial charge in [-0.25, -0.2) is 4.68 Å². The zero-order chi connectivity index (χ0) is 20.8. The third-order valence-electron chi connectivity index (χ3n) is 4.55. The molecule has 1 heterocycles. The highest BCUT2D eigenvalue weighted by atomic mass is 16.5. The number of rotatable bonds is 7. The van der Waals surface area contributed by atoms with E-state index >= 15 is 0 Å². The number of hydrogen-bond donors (Lipinski definition) is 1. The van der Waals surface area contributed by atoms with Crippen LogP contribution in [0, 0.1) is 0 Å². The number of benzene rings is 2. The number of nitrogens with zero attached hydrogens (tertiary/aromatic N) is 2. The zero-order valence-corrected chi connectivity index (χ0v) is 16.6. The van der Waals surface area contributed by atoms with Crippen molar-refractivity contribution in [1.29, 1.82) is 0 Å². The van der Waals surface area contributed by atoms with Crippen molar-refractivity contribution in [3.63, 3.8) is 0 Å². The molecule has 0 saturated carbocycles. The van der Waals surface area contributed by atoms with Crippen molar-refractivity contribution >= 4 is 11.7 Å². The summed E-state index contributed by atoms with van der Waals surface area (Å²) in [7, 11) is 2.89. The van der Waals surface area contributed by atoms with Gasteiger partial charge in [0, 0.05) is 5.71 Å². The van der Waals surface area contributed by atoms with Gasteiger partial charge >= 0.3 is 5.97 Å². The largest absolute Gasteiger partial charge is 0.497 e. The molecule has 0 spiro atoms. The van der Waals surface area contributed by atoms with Crippen LogP contribution < -0.4 is 10.3 Å². The lowest BCUT2D eigenvalue weighted by atomic mass is 10.1. The molecule has 7 heteroatoms. The predicted octanol–water partition coefficient (Wildman–Crippen LogP) is 2.90. The summed E-state index contributed by atoms with van der Waals surface area (Å²) >= 11 is 0. The molecule has 150 valence electrons. The number of ether oxygens (including phenoxy) is 2. The van der Waals surface area contributed by atoms with E-state index in [4.69, 9.17) is 9.47 Å². The number of H-pyrrole nitrogens is 1. The van der Waals surface area contributed by atoms with Gasteiger partial charge in [-0.1, -0.05) is 30.3 Å². The number of aromatic nitrogens is 2. The van der Waals surface area contributed by atoms with Crippen LogP contribution in [-0.4, -0.2) is 35.7 Å². The summed E-state index contributed by atoms with van der Waals surface area (Å²) in [5.41, 5.74) is 2.79. The molecule has 0 fully saturated rings. The maximum Gasteiger partial charge on any atom is 0.311 e. The highest BCUT2D eigenvalue weighted by molar-refractivity contribution is 6.00. The van der Waals surface area contributed by atoms with Gasteiger partial charge in [-0.2, -0.15) is 0 Å². The quantitative estimate of drug-likeness (QED) is 0.494. The fourth-order valence-corrected chi connectivity index (χ4v) is 2.99. The molecular weight excluding hydrogens is 370 g/mol. The van der Waals surface area contributed by atoms with Crippen molar-refractivity contribution < 1.29 is 14.3 Å². The van der Waals surface area contributed by atoms with Gasteiger partial charge in [0.2, 0.25) is 0 Å². The monoisotopic (exact) mass is 393 g/mol. The number of carbonyl (C=O) groups is 1. The summed E-state index contributed by atoms with van der Waals surface area (Å²) in [5, 5.41) is 3.03. The molecular formula is C22H23N3O4. The SMILES string of the molecule is COC(=O)Cc1[nH]n(-c2ccc(OC)cc2)c(=O)c1C(C)=NCc1ccccc1. The molecule has 0 aliphatic rings. The third kappa shape index (κ3) is 4.63. The van der Waals surface area contributed by atoms with Gasteiger partial charge in [0.25, 0.3) is 5.56 Å². The molecule has 2 aromatic carbocycles. The first-order valence-electron chi connectivity index (χ1n) is 9.14. The molecule has 7 nitrogen and oxygen atoms in total. The van der Waals surface area contributed by atoms with Gasteiger partial charge in [-0.05, 0) is 36.8 Å². The minimum absolute atomic E-state index is 0.0531. The summed E-state index contributed by atoms with van der Waals surface area (Å²) in [6.07, 6.45) is -0.0531. The fraction of sp³-hybridized carbons (Fsp3) is 0.227. The fourth-order valence-electron chi connectivity index (χ4n) is 2.99. The number of carbonyl (C=O) groups excluding carboxylic acids is 1. The van der Waals surface area contributed by atoms with E-state index in [2.05, 4.69) is 10.1 Å². The van der Waals surface area contributed by atoms with Crippen molar-refractivity contribution in [3.8, 4) is 11.4 Å². The standard InChI is InChI=1S/C22H23N3O4/c1-15(23-14-16-7-5-4-6-8-16)21-19(13-20(26)29-3)24-25(22(21)27)17-9-11-18(28-2)12-10-17/h4-12,24H,13-14H2,1-3H3. The average molecular weight is 393 g/mol. The first kappa shape index (κ1) is 20.1. The van der Waals surface area contributed by atoms with Crippen molar-refractivity contribution in [3.05, 3.63) is 81.8 Å². The van der Waals surface area contributed by atoms with Crippen LogP contribution in [0.4, 0.5) is 0 Å². The number of aliphatic imine (C=N–C) groups is 1. The van der Waals surface area contributed by atoms with Crippen LogP contribution in [0.5, 0.6) is 5.75 Å². The summed E-state index contributed by atoms with van der Waals surface area (Å²) in [5.74, 6) is 0.245. The van der Waals surface area contributed by atoms with E-state index in [1.54, 1.807) is 38.3 Å². The Morgan fingerprint density at radius 1 is 1.07 bits per heavy atom. The van der Waals surface area contributed by atoms with E-state index in [1.807, 2.05) is 30.3 Å². The minimum atomic E-state index is -0.440. The Balaban J connectivity index is 2.02. The lowest BCUT2D eigenvalue weighted by Crippen LogP contribution is -2.20. The number of hydrogen-bond acceptors (Lipinski definition) is 5. The third-order valence-corrected chi connectivity index (χ3v) is 4.55. The lowest BCUT2D eigenvalue weighted by molar-refractivity contribution is -0.139. The highest BCUT2D eigenvalue weighted by Crippen LogP contribution is 2.15. The Morgan fingerprint density at radius 3 is 2.38 bits per heavy atom. The predicted molar refractivity (Wildman–Crippen MR) is 111 cm³/mol. The van der Waals surface area contributed by atoms with Gasteiger partial charge < -0.3 is 9.47 Å². The highest BCUT2D eigenvalue weighted by Gasteiger charge is 2.20. The van der Waals surface area contributed by atoms with E-state index in [0.29, 0.717) is 35.0 Å². The molecule has 3 aromatic rings. The van der Waals surface area contributed by atoms with E-state index in [-0.39, 0.29) is 12.0 Å².